The molecule has 2 atom stereocenters. The average Bonchev–Trinajstić information content (AvgIpc) is 2.57. The summed E-state index contributed by atoms with van der Waals surface area (Å²) in [4.78, 5) is 0. The molecule has 0 saturated heterocycles. The van der Waals surface area contributed by atoms with Crippen LogP contribution in [-0.2, 0) is 11.3 Å². The zero-order valence-electron chi connectivity index (χ0n) is 8.12. The van der Waals surface area contributed by atoms with Crippen LogP contribution in [0.4, 0.5) is 0 Å². The van der Waals surface area contributed by atoms with Gasteiger partial charge in [-0.3, -0.25) is 0 Å². The molecule has 0 amide bonds. The molecule has 0 unspecified atom stereocenters. The van der Waals surface area contributed by atoms with Crippen molar-refractivity contribution < 1.29 is 4.74 Å². The number of halogens is 1. The summed E-state index contributed by atoms with van der Waals surface area (Å²) in [6, 6.07) is 6.99. The van der Waals surface area contributed by atoms with Crippen LogP contribution in [0.1, 0.15) is 35.8 Å². The predicted octanol–water partition coefficient (Wildman–Crippen LogP) is 2.34. The largest absolute Gasteiger partial charge is 0.367 e. The van der Waals surface area contributed by atoms with E-state index in [0.29, 0.717) is 12.1 Å². The van der Waals surface area contributed by atoms with Gasteiger partial charge in [0.05, 0.1) is 12.7 Å². The number of ether oxygens (including phenoxy) is 1. The number of rotatable bonds is 0. The molecule has 1 N–H and O–H groups in total. The highest BCUT2D eigenvalue weighted by atomic mass is 35.5. The molecule has 2 aliphatic rings. The molecule has 76 valence electrons. The maximum absolute atomic E-state index is 5.69. The molecular formula is C11H14ClNO. The lowest BCUT2D eigenvalue weighted by Crippen LogP contribution is -2.30. The topological polar surface area (TPSA) is 21.3 Å². The first kappa shape index (κ1) is 9.97. The minimum Gasteiger partial charge on any atom is -0.367 e. The molecule has 0 radical (unpaired) electrons. The lowest BCUT2D eigenvalue weighted by atomic mass is 9.91. The first-order valence-corrected chi connectivity index (χ1v) is 4.83. The summed E-state index contributed by atoms with van der Waals surface area (Å²) < 4.78 is 5.69. The molecule has 14 heavy (non-hydrogen) atoms. The Morgan fingerprint density at radius 1 is 1.43 bits per heavy atom. The Kier molecular flexibility index (Phi) is 2.52. The van der Waals surface area contributed by atoms with E-state index in [4.69, 9.17) is 4.74 Å². The second-order valence-electron chi connectivity index (χ2n) is 3.85. The maximum Gasteiger partial charge on any atom is 0.0960 e. The van der Waals surface area contributed by atoms with Crippen LogP contribution in [0.15, 0.2) is 18.2 Å². The Morgan fingerprint density at radius 3 is 3.14 bits per heavy atom. The fraction of sp³-hybridized carbons (Fsp3) is 0.455. The molecule has 2 nitrogen and oxygen atoms in total. The van der Waals surface area contributed by atoms with Crippen molar-refractivity contribution in [1.29, 1.82) is 0 Å². The van der Waals surface area contributed by atoms with Crippen LogP contribution in [0, 0.1) is 0 Å². The van der Waals surface area contributed by atoms with Crippen LogP contribution < -0.4 is 5.32 Å². The van der Waals surface area contributed by atoms with E-state index >= 15 is 0 Å². The Bertz CT molecular complexity index is 353. The third-order valence-electron chi connectivity index (χ3n) is 3.07. The summed E-state index contributed by atoms with van der Waals surface area (Å²) in [7, 11) is 0. The molecule has 2 aliphatic heterocycles. The van der Waals surface area contributed by atoms with Gasteiger partial charge in [0.2, 0.25) is 0 Å². The molecule has 0 aromatic heterocycles. The van der Waals surface area contributed by atoms with Crippen LogP contribution in [-0.4, -0.2) is 6.54 Å². The van der Waals surface area contributed by atoms with E-state index in [1.165, 1.54) is 16.7 Å². The van der Waals surface area contributed by atoms with Crippen LogP contribution in [0.25, 0.3) is 0 Å². The Hall–Kier alpha value is -0.570. The molecule has 0 bridgehead atoms. The normalized spacial score (nSPS) is 28.1. The maximum atomic E-state index is 5.69. The Morgan fingerprint density at radius 2 is 2.29 bits per heavy atom. The van der Waals surface area contributed by atoms with Crippen LogP contribution in [0.2, 0.25) is 0 Å². The third-order valence-corrected chi connectivity index (χ3v) is 3.07. The van der Waals surface area contributed by atoms with Gasteiger partial charge in [-0.1, -0.05) is 18.2 Å². The van der Waals surface area contributed by atoms with Gasteiger partial charge >= 0.3 is 0 Å². The highest BCUT2D eigenvalue weighted by molar-refractivity contribution is 5.85. The summed E-state index contributed by atoms with van der Waals surface area (Å²) in [6.07, 6.45) is 0.308. The van der Waals surface area contributed by atoms with Gasteiger partial charge in [0, 0.05) is 12.6 Å². The van der Waals surface area contributed by atoms with E-state index in [-0.39, 0.29) is 12.4 Å². The molecule has 0 spiro atoms. The van der Waals surface area contributed by atoms with Crippen LogP contribution >= 0.6 is 12.4 Å². The number of hydrogen-bond acceptors (Lipinski definition) is 2. The van der Waals surface area contributed by atoms with Gasteiger partial charge in [-0.25, -0.2) is 0 Å². The molecule has 0 aliphatic carbocycles. The number of benzene rings is 1. The van der Waals surface area contributed by atoms with Crippen molar-refractivity contribution in [2.24, 2.45) is 0 Å². The SMILES string of the molecule is C[C@@H]1NC[C@H]2OCc3cccc1c32.Cl. The van der Waals surface area contributed by atoms with Gasteiger partial charge in [-0.05, 0) is 23.6 Å². The van der Waals surface area contributed by atoms with Gasteiger partial charge in [0.25, 0.3) is 0 Å². The Labute approximate surface area is 90.1 Å². The standard InChI is InChI=1S/C11H13NO.ClH/c1-7-9-4-2-3-8-6-13-10(5-12-7)11(8)9;/h2-4,7,10,12H,5-6H2,1H3;1H/t7-,10+;/m0./s1. The van der Waals surface area contributed by atoms with Gasteiger partial charge in [-0.15, -0.1) is 12.4 Å². The lowest BCUT2D eigenvalue weighted by Gasteiger charge is -2.27. The molecule has 3 heteroatoms. The van der Waals surface area contributed by atoms with E-state index in [2.05, 4.69) is 30.4 Å². The van der Waals surface area contributed by atoms with E-state index in [1.54, 1.807) is 0 Å². The quantitative estimate of drug-likeness (QED) is 0.712. The van der Waals surface area contributed by atoms with E-state index in [9.17, 15) is 0 Å². The zero-order chi connectivity index (χ0) is 8.84. The second kappa shape index (κ2) is 3.54. The first-order valence-electron chi connectivity index (χ1n) is 4.83. The van der Waals surface area contributed by atoms with Crippen molar-refractivity contribution in [3.8, 4) is 0 Å². The smallest absolute Gasteiger partial charge is 0.0960 e. The van der Waals surface area contributed by atoms with Crippen molar-refractivity contribution >= 4 is 12.4 Å². The lowest BCUT2D eigenvalue weighted by molar-refractivity contribution is 0.0593. The van der Waals surface area contributed by atoms with Gasteiger partial charge in [0.1, 0.15) is 0 Å². The predicted molar refractivity (Wildman–Crippen MR) is 57.6 cm³/mol. The van der Waals surface area contributed by atoms with Crippen molar-refractivity contribution in [2.75, 3.05) is 6.54 Å². The van der Waals surface area contributed by atoms with Gasteiger partial charge < -0.3 is 10.1 Å². The van der Waals surface area contributed by atoms with Crippen molar-refractivity contribution in [3.05, 3.63) is 34.9 Å². The van der Waals surface area contributed by atoms with Gasteiger partial charge in [0.15, 0.2) is 0 Å². The summed E-state index contributed by atoms with van der Waals surface area (Å²) in [5.41, 5.74) is 4.26. The molecular weight excluding hydrogens is 198 g/mol. The molecule has 2 heterocycles. The second-order valence-corrected chi connectivity index (χ2v) is 3.85. The number of nitrogens with one attached hydrogen (secondary N) is 1. The van der Waals surface area contributed by atoms with Crippen molar-refractivity contribution in [3.63, 3.8) is 0 Å². The highest BCUT2D eigenvalue weighted by Gasteiger charge is 2.31. The van der Waals surface area contributed by atoms with Gasteiger partial charge in [-0.2, -0.15) is 0 Å². The fourth-order valence-electron chi connectivity index (χ4n) is 2.36. The van der Waals surface area contributed by atoms with E-state index in [1.807, 2.05) is 0 Å². The third kappa shape index (κ3) is 1.26. The summed E-state index contributed by atoms with van der Waals surface area (Å²) in [6.45, 7) is 3.97. The fourth-order valence-corrected chi connectivity index (χ4v) is 2.36. The van der Waals surface area contributed by atoms with E-state index < -0.39 is 0 Å². The van der Waals surface area contributed by atoms with E-state index in [0.717, 1.165) is 13.2 Å². The van der Waals surface area contributed by atoms with Crippen LogP contribution in [0.5, 0.6) is 0 Å². The minimum absolute atomic E-state index is 0. The minimum atomic E-state index is 0. The number of hydrogen-bond donors (Lipinski definition) is 1. The zero-order valence-corrected chi connectivity index (χ0v) is 8.93. The first-order chi connectivity index (χ1) is 6.36. The van der Waals surface area contributed by atoms with Crippen molar-refractivity contribution in [2.45, 2.75) is 25.7 Å². The summed E-state index contributed by atoms with van der Waals surface area (Å²) in [5, 5.41) is 3.45. The molecule has 1 aromatic carbocycles. The van der Waals surface area contributed by atoms with Crippen LogP contribution in [0.3, 0.4) is 0 Å². The Balaban J connectivity index is 0.000000750. The highest BCUT2D eigenvalue weighted by Crippen LogP contribution is 2.38. The summed E-state index contributed by atoms with van der Waals surface area (Å²) >= 11 is 0. The average molecular weight is 212 g/mol. The summed E-state index contributed by atoms with van der Waals surface area (Å²) in [5.74, 6) is 0. The molecule has 0 fully saturated rings. The molecule has 1 aromatic rings. The monoisotopic (exact) mass is 211 g/mol. The van der Waals surface area contributed by atoms with Crippen molar-refractivity contribution in [1.82, 2.24) is 5.32 Å². The molecule has 3 rings (SSSR count). The molecule has 0 saturated carbocycles.